The number of para-hydroxylation sites is 2. The molecule has 0 atom stereocenters. The molecule has 2 aromatic carbocycles. The van der Waals surface area contributed by atoms with Crippen LogP contribution < -0.4 is 0 Å². The van der Waals surface area contributed by atoms with Crippen LogP contribution in [0.1, 0.15) is 29.4 Å². The third kappa shape index (κ3) is 3.73. The number of carbonyl (C=O) groups is 1. The van der Waals surface area contributed by atoms with Gasteiger partial charge in [-0.15, -0.1) is 0 Å². The van der Waals surface area contributed by atoms with Crippen LogP contribution in [0.3, 0.4) is 0 Å². The van der Waals surface area contributed by atoms with Crippen LogP contribution in [0, 0.1) is 13.8 Å². The fraction of sp³-hybridized carbons (Fsp3) is 0.200. The van der Waals surface area contributed by atoms with Crippen molar-refractivity contribution in [1.82, 2.24) is 9.47 Å². The Kier molecular flexibility index (Phi) is 5.64. The summed E-state index contributed by atoms with van der Waals surface area (Å²) < 4.78 is 2.28. The van der Waals surface area contributed by atoms with Crippen molar-refractivity contribution in [2.24, 2.45) is 4.99 Å². The highest BCUT2D eigenvalue weighted by molar-refractivity contribution is 8.18. The number of thioether (sulfide) groups is 1. The summed E-state index contributed by atoms with van der Waals surface area (Å²) in [6.45, 7) is 6.39. The van der Waals surface area contributed by atoms with Crippen molar-refractivity contribution in [3.8, 4) is 5.69 Å². The summed E-state index contributed by atoms with van der Waals surface area (Å²) in [5, 5.41) is 0.697. The lowest BCUT2D eigenvalue weighted by Crippen LogP contribution is -2.23. The number of aromatic nitrogens is 1. The van der Waals surface area contributed by atoms with E-state index in [2.05, 4.69) is 60.7 Å². The number of aliphatic imine (C=N–C) groups is 1. The lowest BCUT2D eigenvalue weighted by Gasteiger charge is -2.14. The molecule has 1 amide bonds. The van der Waals surface area contributed by atoms with Crippen LogP contribution in [0.25, 0.3) is 11.8 Å². The van der Waals surface area contributed by atoms with E-state index in [0.717, 1.165) is 29.1 Å². The van der Waals surface area contributed by atoms with Crippen molar-refractivity contribution in [3.63, 3.8) is 0 Å². The molecule has 1 aliphatic heterocycles. The van der Waals surface area contributed by atoms with E-state index in [9.17, 15) is 4.79 Å². The number of aryl methyl sites for hydroxylation is 2. The molecule has 1 aromatic heterocycles. The summed E-state index contributed by atoms with van der Waals surface area (Å²) in [5.41, 5.74) is 6.70. The second-order valence-corrected chi connectivity index (χ2v) is 8.36. The van der Waals surface area contributed by atoms with E-state index in [4.69, 9.17) is 0 Å². The van der Waals surface area contributed by atoms with E-state index in [0.29, 0.717) is 10.1 Å². The first-order chi connectivity index (χ1) is 14.5. The summed E-state index contributed by atoms with van der Waals surface area (Å²) in [4.78, 5) is 19.8. The smallest absolute Gasteiger partial charge is 0.266 e. The van der Waals surface area contributed by atoms with Crippen LogP contribution in [0.4, 0.5) is 5.69 Å². The molecule has 0 N–H and O–H groups in total. The van der Waals surface area contributed by atoms with Crippen molar-refractivity contribution in [2.45, 2.75) is 27.2 Å². The molecule has 3 aromatic rings. The summed E-state index contributed by atoms with van der Waals surface area (Å²) in [6.07, 6.45) is 2.96. The average Bonchev–Trinajstić information content (AvgIpc) is 3.18. The zero-order valence-corrected chi connectivity index (χ0v) is 18.5. The van der Waals surface area contributed by atoms with Gasteiger partial charge in [-0.1, -0.05) is 43.3 Å². The molecule has 0 spiro atoms. The number of hydrogen-bond acceptors (Lipinski definition) is 3. The molecule has 0 saturated carbocycles. The first-order valence-corrected chi connectivity index (χ1v) is 10.9. The fourth-order valence-corrected chi connectivity index (χ4v) is 4.72. The number of amidine groups is 1. The molecule has 1 saturated heterocycles. The van der Waals surface area contributed by atoms with Gasteiger partial charge in [0.2, 0.25) is 0 Å². The molecule has 0 unspecified atom stereocenters. The zero-order valence-electron chi connectivity index (χ0n) is 17.7. The van der Waals surface area contributed by atoms with Crippen LogP contribution in [-0.4, -0.2) is 27.6 Å². The van der Waals surface area contributed by atoms with Crippen LogP contribution >= 0.6 is 11.8 Å². The van der Waals surface area contributed by atoms with Crippen LogP contribution in [0.15, 0.2) is 70.6 Å². The summed E-state index contributed by atoms with van der Waals surface area (Å²) >= 11 is 1.42. The Morgan fingerprint density at radius 2 is 1.73 bits per heavy atom. The van der Waals surface area contributed by atoms with Gasteiger partial charge < -0.3 is 4.57 Å². The number of carbonyl (C=O) groups excluding carboxylic acids is 1. The lowest BCUT2D eigenvalue weighted by molar-refractivity contribution is -0.121. The summed E-state index contributed by atoms with van der Waals surface area (Å²) in [6, 6.07) is 20.3. The molecule has 0 bridgehead atoms. The maximum atomic E-state index is 12.8. The first kappa shape index (κ1) is 20.2. The van der Waals surface area contributed by atoms with Gasteiger partial charge in [-0.2, -0.15) is 0 Å². The van der Waals surface area contributed by atoms with Crippen molar-refractivity contribution in [3.05, 3.63) is 88.1 Å². The summed E-state index contributed by atoms with van der Waals surface area (Å²) in [5.74, 6) is -0.0200. The highest BCUT2D eigenvalue weighted by Crippen LogP contribution is 2.34. The first-order valence-electron chi connectivity index (χ1n) is 10.1. The Labute approximate surface area is 181 Å². The zero-order chi connectivity index (χ0) is 21.3. The highest BCUT2D eigenvalue weighted by Gasteiger charge is 2.30. The van der Waals surface area contributed by atoms with E-state index in [1.807, 2.05) is 36.4 Å². The maximum Gasteiger partial charge on any atom is 0.266 e. The second-order valence-electron chi connectivity index (χ2n) is 7.35. The molecule has 2 heterocycles. The SMILES string of the molecule is CCc1ccccc1-n1c(C)cc(/C=C2\SC(=Nc3ccccc3)N(C)C2=O)c1C. The van der Waals surface area contributed by atoms with Gasteiger partial charge in [0, 0.05) is 24.1 Å². The molecule has 0 radical (unpaired) electrons. The predicted molar refractivity (Wildman–Crippen MR) is 126 cm³/mol. The summed E-state index contributed by atoms with van der Waals surface area (Å²) in [7, 11) is 1.78. The normalized spacial score (nSPS) is 16.8. The highest BCUT2D eigenvalue weighted by atomic mass is 32.2. The lowest BCUT2D eigenvalue weighted by atomic mass is 10.1. The monoisotopic (exact) mass is 415 g/mol. The molecule has 4 nitrogen and oxygen atoms in total. The largest absolute Gasteiger partial charge is 0.318 e. The second kappa shape index (κ2) is 8.36. The van der Waals surface area contributed by atoms with Gasteiger partial charge in [-0.25, -0.2) is 4.99 Å². The number of rotatable bonds is 4. The van der Waals surface area contributed by atoms with Crippen molar-refractivity contribution >= 4 is 34.6 Å². The topological polar surface area (TPSA) is 37.6 Å². The molecular formula is C25H25N3OS. The van der Waals surface area contributed by atoms with Gasteiger partial charge in [0.1, 0.15) is 0 Å². The molecule has 30 heavy (non-hydrogen) atoms. The molecule has 1 fully saturated rings. The molecule has 152 valence electrons. The third-order valence-corrected chi connectivity index (χ3v) is 6.41. The quantitative estimate of drug-likeness (QED) is 0.498. The maximum absolute atomic E-state index is 12.8. The molecule has 1 aliphatic rings. The van der Waals surface area contributed by atoms with E-state index in [-0.39, 0.29) is 5.91 Å². The molecule has 4 rings (SSSR count). The number of hydrogen-bond donors (Lipinski definition) is 0. The Hall–Kier alpha value is -3.05. The van der Waals surface area contributed by atoms with E-state index in [1.54, 1.807) is 11.9 Å². The van der Waals surface area contributed by atoms with E-state index < -0.39 is 0 Å². The van der Waals surface area contributed by atoms with E-state index >= 15 is 0 Å². The van der Waals surface area contributed by atoms with Gasteiger partial charge in [0.15, 0.2) is 5.17 Å². The van der Waals surface area contributed by atoms with Gasteiger partial charge in [-0.3, -0.25) is 9.69 Å². The minimum atomic E-state index is -0.0200. The Morgan fingerprint density at radius 3 is 2.47 bits per heavy atom. The van der Waals surface area contributed by atoms with Crippen molar-refractivity contribution < 1.29 is 4.79 Å². The van der Waals surface area contributed by atoms with Gasteiger partial charge in [0.25, 0.3) is 5.91 Å². The Morgan fingerprint density at radius 1 is 1.03 bits per heavy atom. The molecule has 0 aliphatic carbocycles. The third-order valence-electron chi connectivity index (χ3n) is 5.35. The van der Waals surface area contributed by atoms with Gasteiger partial charge >= 0.3 is 0 Å². The Balaban J connectivity index is 1.71. The van der Waals surface area contributed by atoms with Crippen LogP contribution in [0.2, 0.25) is 0 Å². The van der Waals surface area contributed by atoms with Gasteiger partial charge in [0.05, 0.1) is 10.6 Å². The number of likely N-dealkylation sites (N-methyl/N-ethyl adjacent to an activating group) is 1. The minimum absolute atomic E-state index is 0.0200. The molecule has 5 heteroatoms. The Bertz CT molecular complexity index is 1160. The van der Waals surface area contributed by atoms with Crippen molar-refractivity contribution in [2.75, 3.05) is 7.05 Å². The van der Waals surface area contributed by atoms with Gasteiger partial charge in [-0.05, 0) is 73.5 Å². The molecular weight excluding hydrogens is 390 g/mol. The van der Waals surface area contributed by atoms with Crippen LogP contribution in [0.5, 0.6) is 0 Å². The van der Waals surface area contributed by atoms with E-state index in [1.165, 1.54) is 23.0 Å². The number of nitrogens with zero attached hydrogens (tertiary/aromatic N) is 3. The number of amides is 1. The average molecular weight is 416 g/mol. The van der Waals surface area contributed by atoms with Crippen molar-refractivity contribution in [1.29, 1.82) is 0 Å². The predicted octanol–water partition coefficient (Wildman–Crippen LogP) is 5.89. The number of benzene rings is 2. The standard InChI is InChI=1S/C25H25N3OS/c1-5-19-11-9-10-14-22(19)28-17(2)15-20(18(28)3)16-23-24(29)27(4)25(30-23)26-21-12-7-6-8-13-21/h6-16H,5H2,1-4H3/b23-16-,26-25?. The van der Waals surface area contributed by atoms with Crippen LogP contribution in [-0.2, 0) is 11.2 Å². The minimum Gasteiger partial charge on any atom is -0.318 e. The fourth-order valence-electron chi connectivity index (χ4n) is 3.74.